The van der Waals surface area contributed by atoms with Crippen LogP contribution in [0.2, 0.25) is 0 Å². The quantitative estimate of drug-likeness (QED) is 0.135. The molecule has 1 rings (SSSR count). The lowest BCUT2D eigenvalue weighted by atomic mass is 10.1. The maximum atomic E-state index is 12.2. The molecule has 1 atom stereocenters. The molecule has 0 aliphatic heterocycles. The highest BCUT2D eigenvalue weighted by Crippen LogP contribution is 2.29. The van der Waals surface area contributed by atoms with Crippen LogP contribution in [0.1, 0.15) is 103 Å². The number of ether oxygens (including phenoxy) is 3. The summed E-state index contributed by atoms with van der Waals surface area (Å²) in [5.41, 5.74) is 0.885. The number of esters is 1. The van der Waals surface area contributed by atoms with Crippen molar-refractivity contribution >= 4 is 12.0 Å². The molecule has 0 aliphatic rings. The first kappa shape index (κ1) is 27.1. The van der Waals surface area contributed by atoms with Gasteiger partial charge in [0.05, 0.1) is 13.7 Å². The van der Waals surface area contributed by atoms with E-state index in [-0.39, 0.29) is 12.1 Å². The molecule has 0 amide bonds. The molecule has 0 fully saturated rings. The predicted octanol–water partition coefficient (Wildman–Crippen LogP) is 7.74. The lowest BCUT2D eigenvalue weighted by Crippen LogP contribution is -2.15. The van der Waals surface area contributed by atoms with Gasteiger partial charge < -0.3 is 14.2 Å². The smallest absolute Gasteiger partial charge is 0.331 e. The average molecular weight is 433 g/mol. The predicted molar refractivity (Wildman–Crippen MR) is 130 cm³/mol. The number of carbonyl (C=O) groups excluding carboxylic acids is 1. The zero-order valence-corrected chi connectivity index (χ0v) is 20.3. The van der Waals surface area contributed by atoms with E-state index < -0.39 is 0 Å². The number of benzene rings is 1. The van der Waals surface area contributed by atoms with Crippen LogP contribution in [0.5, 0.6) is 11.5 Å². The van der Waals surface area contributed by atoms with Crippen LogP contribution in [0.4, 0.5) is 0 Å². The number of carbonyl (C=O) groups is 1. The Labute approximate surface area is 190 Å². The van der Waals surface area contributed by atoms with Crippen LogP contribution >= 0.6 is 0 Å². The molecule has 0 radical (unpaired) electrons. The second-order valence-electron chi connectivity index (χ2n) is 8.18. The number of rotatable bonds is 18. The van der Waals surface area contributed by atoms with E-state index in [2.05, 4.69) is 20.8 Å². The number of methoxy groups -OCH3 is 1. The van der Waals surface area contributed by atoms with Gasteiger partial charge in [-0.25, -0.2) is 4.79 Å². The van der Waals surface area contributed by atoms with E-state index in [9.17, 15) is 4.79 Å². The van der Waals surface area contributed by atoms with Gasteiger partial charge in [0, 0.05) is 6.08 Å². The first-order chi connectivity index (χ1) is 15.1. The molecule has 0 bridgehead atoms. The summed E-state index contributed by atoms with van der Waals surface area (Å²) in [4.78, 5) is 12.2. The Hall–Kier alpha value is -1.97. The SMILES string of the molecule is CCCCCCCCC(CC)OC(=O)C=Cc1ccc(OCCCCCC)c(OC)c1. The average Bonchev–Trinajstić information content (AvgIpc) is 2.79. The van der Waals surface area contributed by atoms with Crippen molar-refractivity contribution in [2.24, 2.45) is 0 Å². The van der Waals surface area contributed by atoms with Crippen molar-refractivity contribution in [1.29, 1.82) is 0 Å². The minimum Gasteiger partial charge on any atom is -0.493 e. The monoisotopic (exact) mass is 432 g/mol. The van der Waals surface area contributed by atoms with Gasteiger partial charge in [-0.15, -0.1) is 0 Å². The summed E-state index contributed by atoms with van der Waals surface area (Å²) in [5, 5.41) is 0. The van der Waals surface area contributed by atoms with Crippen molar-refractivity contribution < 1.29 is 19.0 Å². The molecule has 4 nitrogen and oxygen atoms in total. The minimum absolute atomic E-state index is 0.00125. The fourth-order valence-electron chi connectivity index (χ4n) is 3.48. The van der Waals surface area contributed by atoms with E-state index >= 15 is 0 Å². The van der Waals surface area contributed by atoms with Gasteiger partial charge in [-0.05, 0) is 49.5 Å². The Bertz CT molecular complexity index is 624. The topological polar surface area (TPSA) is 44.8 Å². The van der Waals surface area contributed by atoms with E-state index in [4.69, 9.17) is 14.2 Å². The number of unbranched alkanes of at least 4 members (excludes halogenated alkanes) is 8. The molecule has 1 aromatic rings. The minimum atomic E-state index is -0.284. The van der Waals surface area contributed by atoms with Crippen LogP contribution in [0, 0.1) is 0 Å². The van der Waals surface area contributed by atoms with Gasteiger partial charge in [0.15, 0.2) is 11.5 Å². The molecule has 0 aliphatic carbocycles. The van der Waals surface area contributed by atoms with Crippen LogP contribution in [0.25, 0.3) is 6.08 Å². The summed E-state index contributed by atoms with van der Waals surface area (Å²) in [6.07, 6.45) is 17.2. The van der Waals surface area contributed by atoms with Crippen LogP contribution in [0.15, 0.2) is 24.3 Å². The molecular formula is C27H44O4. The van der Waals surface area contributed by atoms with E-state index in [0.717, 1.165) is 37.0 Å². The summed E-state index contributed by atoms with van der Waals surface area (Å²) < 4.78 is 16.9. The molecule has 176 valence electrons. The highest BCUT2D eigenvalue weighted by Gasteiger charge is 2.11. The summed E-state index contributed by atoms with van der Waals surface area (Å²) in [7, 11) is 1.63. The highest BCUT2D eigenvalue weighted by atomic mass is 16.5. The molecule has 31 heavy (non-hydrogen) atoms. The summed E-state index contributed by atoms with van der Waals surface area (Å²) >= 11 is 0. The maximum absolute atomic E-state index is 12.2. The third kappa shape index (κ3) is 12.5. The van der Waals surface area contributed by atoms with Gasteiger partial charge in [0.1, 0.15) is 6.10 Å². The van der Waals surface area contributed by atoms with Gasteiger partial charge >= 0.3 is 5.97 Å². The molecule has 0 heterocycles. The fraction of sp³-hybridized carbons (Fsp3) is 0.667. The van der Waals surface area contributed by atoms with E-state index in [1.807, 2.05) is 18.2 Å². The van der Waals surface area contributed by atoms with Crippen molar-refractivity contribution in [2.45, 2.75) is 104 Å². The Morgan fingerprint density at radius 1 is 0.903 bits per heavy atom. The molecule has 0 saturated heterocycles. The third-order valence-electron chi connectivity index (χ3n) is 5.47. The summed E-state index contributed by atoms with van der Waals surface area (Å²) in [5.74, 6) is 1.14. The largest absolute Gasteiger partial charge is 0.493 e. The van der Waals surface area contributed by atoms with Crippen LogP contribution < -0.4 is 9.47 Å². The summed E-state index contributed by atoms with van der Waals surface area (Å²) in [6, 6.07) is 5.72. The highest BCUT2D eigenvalue weighted by molar-refractivity contribution is 5.87. The maximum Gasteiger partial charge on any atom is 0.331 e. The lowest BCUT2D eigenvalue weighted by Gasteiger charge is -2.15. The first-order valence-corrected chi connectivity index (χ1v) is 12.3. The second kappa shape index (κ2) is 17.7. The lowest BCUT2D eigenvalue weighted by molar-refractivity contribution is -0.143. The standard InChI is InChI=1S/C27H44O4/c1-5-8-10-12-13-14-16-24(7-3)31-27(28)20-18-23-17-19-25(26(22-23)29-4)30-21-15-11-9-6-2/h17-20,22,24H,5-16,21H2,1-4H3. The van der Waals surface area contributed by atoms with E-state index in [0.29, 0.717) is 12.4 Å². The van der Waals surface area contributed by atoms with Gasteiger partial charge in [0.25, 0.3) is 0 Å². The van der Waals surface area contributed by atoms with Gasteiger partial charge in [-0.2, -0.15) is 0 Å². The van der Waals surface area contributed by atoms with Crippen molar-refractivity contribution in [3.63, 3.8) is 0 Å². The summed E-state index contributed by atoms with van der Waals surface area (Å²) in [6.45, 7) is 7.19. The second-order valence-corrected chi connectivity index (χ2v) is 8.18. The zero-order chi connectivity index (χ0) is 22.7. The zero-order valence-electron chi connectivity index (χ0n) is 20.3. The number of hydrogen-bond acceptors (Lipinski definition) is 4. The Morgan fingerprint density at radius 2 is 1.58 bits per heavy atom. The van der Waals surface area contributed by atoms with Crippen LogP contribution in [0.3, 0.4) is 0 Å². The Morgan fingerprint density at radius 3 is 2.26 bits per heavy atom. The van der Waals surface area contributed by atoms with E-state index in [1.165, 1.54) is 57.4 Å². The molecule has 0 saturated carbocycles. The Balaban J connectivity index is 2.46. The van der Waals surface area contributed by atoms with Crippen molar-refractivity contribution in [2.75, 3.05) is 13.7 Å². The van der Waals surface area contributed by atoms with Gasteiger partial charge in [0.2, 0.25) is 0 Å². The Kier molecular flexibility index (Phi) is 15.4. The van der Waals surface area contributed by atoms with Crippen molar-refractivity contribution in [1.82, 2.24) is 0 Å². The molecule has 0 aromatic heterocycles. The van der Waals surface area contributed by atoms with Crippen molar-refractivity contribution in [3.05, 3.63) is 29.8 Å². The van der Waals surface area contributed by atoms with E-state index in [1.54, 1.807) is 13.2 Å². The van der Waals surface area contributed by atoms with Gasteiger partial charge in [-0.1, -0.05) is 78.2 Å². The number of hydrogen-bond donors (Lipinski definition) is 0. The van der Waals surface area contributed by atoms with Crippen molar-refractivity contribution in [3.8, 4) is 11.5 Å². The fourth-order valence-corrected chi connectivity index (χ4v) is 3.48. The molecule has 0 spiro atoms. The molecule has 1 unspecified atom stereocenters. The molecule has 1 aromatic carbocycles. The molecular weight excluding hydrogens is 388 g/mol. The van der Waals surface area contributed by atoms with Gasteiger partial charge in [-0.3, -0.25) is 0 Å². The molecule has 4 heteroatoms. The van der Waals surface area contributed by atoms with Crippen LogP contribution in [-0.2, 0) is 9.53 Å². The third-order valence-corrected chi connectivity index (χ3v) is 5.47. The van der Waals surface area contributed by atoms with Crippen LogP contribution in [-0.4, -0.2) is 25.8 Å². The first-order valence-electron chi connectivity index (χ1n) is 12.3. The molecule has 0 N–H and O–H groups in total. The normalized spacial score (nSPS) is 12.1.